The van der Waals surface area contributed by atoms with Gasteiger partial charge in [0.05, 0.1) is 6.61 Å². The van der Waals surface area contributed by atoms with Crippen molar-refractivity contribution in [1.29, 1.82) is 0 Å². The molecule has 1 aliphatic carbocycles. The predicted octanol–water partition coefficient (Wildman–Crippen LogP) is 2.18. The van der Waals surface area contributed by atoms with Crippen LogP contribution < -0.4 is 5.32 Å². The Morgan fingerprint density at radius 2 is 2.10 bits per heavy atom. The molecule has 0 bridgehead atoms. The second-order valence-electron chi connectivity index (χ2n) is 6.38. The molecule has 4 nitrogen and oxygen atoms in total. The minimum atomic E-state index is -0.354. The van der Waals surface area contributed by atoms with Gasteiger partial charge in [0.15, 0.2) is 0 Å². The van der Waals surface area contributed by atoms with Gasteiger partial charge < -0.3 is 10.1 Å². The van der Waals surface area contributed by atoms with E-state index < -0.39 is 0 Å². The van der Waals surface area contributed by atoms with Crippen LogP contribution in [0.3, 0.4) is 0 Å². The summed E-state index contributed by atoms with van der Waals surface area (Å²) >= 11 is 0. The Kier molecular flexibility index (Phi) is 5.85. The van der Waals surface area contributed by atoms with Crippen molar-refractivity contribution in [1.82, 2.24) is 10.2 Å². The van der Waals surface area contributed by atoms with Crippen molar-refractivity contribution in [2.75, 3.05) is 32.8 Å². The van der Waals surface area contributed by atoms with Crippen LogP contribution >= 0.6 is 0 Å². The molecule has 1 heterocycles. The number of carbonyl (C=O) groups excluding carboxylic acids is 1. The number of nitrogens with one attached hydrogen (secondary N) is 1. The average molecular weight is 282 g/mol. The van der Waals surface area contributed by atoms with Gasteiger partial charge in [0.25, 0.3) is 0 Å². The van der Waals surface area contributed by atoms with Crippen molar-refractivity contribution in [3.05, 3.63) is 0 Å². The van der Waals surface area contributed by atoms with Crippen LogP contribution in [0.1, 0.15) is 52.4 Å². The summed E-state index contributed by atoms with van der Waals surface area (Å²) in [5.74, 6) is 0.757. The fourth-order valence-corrected chi connectivity index (χ4v) is 3.69. The minimum Gasteiger partial charge on any atom is -0.465 e. The fourth-order valence-electron chi connectivity index (χ4n) is 3.69. The third-order valence-corrected chi connectivity index (χ3v) is 4.94. The van der Waals surface area contributed by atoms with Gasteiger partial charge in [-0.15, -0.1) is 0 Å². The van der Waals surface area contributed by atoms with Gasteiger partial charge in [0.2, 0.25) is 0 Å². The molecular formula is C16H30N2O2. The van der Waals surface area contributed by atoms with Crippen LogP contribution in [0, 0.1) is 5.92 Å². The molecule has 1 saturated carbocycles. The van der Waals surface area contributed by atoms with Crippen molar-refractivity contribution in [3.63, 3.8) is 0 Å². The molecule has 1 N–H and O–H groups in total. The van der Waals surface area contributed by atoms with E-state index in [0.717, 1.165) is 64.2 Å². The Bertz CT molecular complexity index is 314. The number of rotatable bonds is 3. The lowest BCUT2D eigenvalue weighted by molar-refractivity contribution is -0.159. The molecule has 1 saturated heterocycles. The first-order valence-corrected chi connectivity index (χ1v) is 8.32. The van der Waals surface area contributed by atoms with Crippen LogP contribution in [0.4, 0.5) is 0 Å². The van der Waals surface area contributed by atoms with Gasteiger partial charge in [-0.05, 0) is 45.1 Å². The van der Waals surface area contributed by atoms with Gasteiger partial charge in [-0.2, -0.15) is 0 Å². The van der Waals surface area contributed by atoms with Crippen molar-refractivity contribution < 1.29 is 9.53 Å². The molecular weight excluding hydrogens is 252 g/mol. The monoisotopic (exact) mass is 282 g/mol. The first-order chi connectivity index (χ1) is 9.69. The summed E-state index contributed by atoms with van der Waals surface area (Å²) in [5, 5.41) is 3.44. The normalized spacial score (nSPS) is 33.2. The summed E-state index contributed by atoms with van der Waals surface area (Å²) in [7, 11) is 0. The van der Waals surface area contributed by atoms with Crippen LogP contribution in [-0.2, 0) is 9.53 Å². The standard InChI is InChI=1S/C16H30N2O2/c1-3-20-15(19)16(8-4-6-14(2)7-9-16)18-12-5-10-17-11-13-18/h14,17H,3-13H2,1-2H3. The van der Waals surface area contributed by atoms with E-state index in [-0.39, 0.29) is 11.5 Å². The molecule has 0 radical (unpaired) electrons. The lowest BCUT2D eigenvalue weighted by Gasteiger charge is -2.41. The van der Waals surface area contributed by atoms with Gasteiger partial charge >= 0.3 is 5.97 Å². The van der Waals surface area contributed by atoms with Crippen LogP contribution in [0.5, 0.6) is 0 Å². The Labute approximate surface area is 123 Å². The van der Waals surface area contributed by atoms with E-state index in [1.807, 2.05) is 6.92 Å². The molecule has 2 rings (SSSR count). The van der Waals surface area contributed by atoms with E-state index in [1.54, 1.807) is 0 Å². The molecule has 20 heavy (non-hydrogen) atoms. The van der Waals surface area contributed by atoms with Gasteiger partial charge in [0.1, 0.15) is 5.54 Å². The van der Waals surface area contributed by atoms with Gasteiger partial charge in [-0.25, -0.2) is 0 Å². The lowest BCUT2D eigenvalue weighted by Crippen LogP contribution is -2.56. The molecule has 2 aliphatic rings. The van der Waals surface area contributed by atoms with E-state index >= 15 is 0 Å². The predicted molar refractivity (Wildman–Crippen MR) is 80.7 cm³/mol. The van der Waals surface area contributed by atoms with Crippen LogP contribution in [0.2, 0.25) is 0 Å². The zero-order chi connectivity index (χ0) is 14.4. The molecule has 4 heteroatoms. The Morgan fingerprint density at radius 3 is 2.90 bits per heavy atom. The average Bonchev–Trinajstić information content (AvgIpc) is 2.80. The highest BCUT2D eigenvalue weighted by atomic mass is 16.5. The molecule has 116 valence electrons. The second kappa shape index (κ2) is 7.41. The van der Waals surface area contributed by atoms with Gasteiger partial charge in [-0.3, -0.25) is 9.69 Å². The molecule has 0 amide bonds. The highest BCUT2D eigenvalue weighted by Crippen LogP contribution is 2.36. The van der Waals surface area contributed by atoms with Crippen molar-refractivity contribution in [2.24, 2.45) is 5.92 Å². The summed E-state index contributed by atoms with van der Waals surface area (Å²) in [6.45, 7) is 8.73. The van der Waals surface area contributed by atoms with Crippen molar-refractivity contribution in [2.45, 2.75) is 57.9 Å². The van der Waals surface area contributed by atoms with E-state index in [4.69, 9.17) is 4.74 Å². The van der Waals surface area contributed by atoms with Crippen LogP contribution in [0.25, 0.3) is 0 Å². The van der Waals surface area contributed by atoms with Gasteiger partial charge in [-0.1, -0.05) is 19.8 Å². The maximum absolute atomic E-state index is 12.7. The molecule has 0 aromatic heterocycles. The van der Waals surface area contributed by atoms with E-state index in [2.05, 4.69) is 17.1 Å². The third-order valence-electron chi connectivity index (χ3n) is 4.94. The zero-order valence-corrected chi connectivity index (χ0v) is 13.1. The number of hydrogen-bond acceptors (Lipinski definition) is 4. The molecule has 2 atom stereocenters. The lowest BCUT2D eigenvalue weighted by atomic mass is 9.87. The maximum Gasteiger partial charge on any atom is 0.326 e. The number of hydrogen-bond donors (Lipinski definition) is 1. The Morgan fingerprint density at radius 1 is 1.25 bits per heavy atom. The van der Waals surface area contributed by atoms with Crippen molar-refractivity contribution >= 4 is 5.97 Å². The molecule has 0 aromatic rings. The number of esters is 1. The molecule has 2 unspecified atom stereocenters. The highest BCUT2D eigenvalue weighted by molar-refractivity contribution is 5.81. The van der Waals surface area contributed by atoms with E-state index in [1.165, 1.54) is 6.42 Å². The SMILES string of the molecule is CCOC(=O)C1(N2CCCNCC2)CCCC(C)CC1. The summed E-state index contributed by atoms with van der Waals surface area (Å²) < 4.78 is 5.47. The van der Waals surface area contributed by atoms with Crippen LogP contribution in [0.15, 0.2) is 0 Å². The second-order valence-corrected chi connectivity index (χ2v) is 6.38. The Balaban J connectivity index is 2.19. The Hall–Kier alpha value is -0.610. The van der Waals surface area contributed by atoms with E-state index in [9.17, 15) is 4.79 Å². The first-order valence-electron chi connectivity index (χ1n) is 8.32. The fraction of sp³-hybridized carbons (Fsp3) is 0.938. The molecule has 0 spiro atoms. The summed E-state index contributed by atoms with van der Waals surface area (Å²) in [6.07, 6.45) is 6.58. The van der Waals surface area contributed by atoms with Gasteiger partial charge in [0, 0.05) is 19.6 Å². The summed E-state index contributed by atoms with van der Waals surface area (Å²) in [5.41, 5.74) is -0.354. The largest absolute Gasteiger partial charge is 0.465 e. The molecule has 0 aromatic carbocycles. The minimum absolute atomic E-state index is 0.0241. The number of ether oxygens (including phenoxy) is 1. The molecule has 2 fully saturated rings. The number of nitrogens with zero attached hydrogens (tertiary/aromatic N) is 1. The summed E-state index contributed by atoms with van der Waals surface area (Å²) in [4.78, 5) is 15.1. The number of carbonyl (C=O) groups is 1. The quantitative estimate of drug-likeness (QED) is 0.636. The molecule has 1 aliphatic heterocycles. The first kappa shape index (κ1) is 15.8. The van der Waals surface area contributed by atoms with E-state index in [0.29, 0.717) is 6.61 Å². The summed E-state index contributed by atoms with van der Waals surface area (Å²) in [6, 6.07) is 0. The highest BCUT2D eigenvalue weighted by Gasteiger charge is 2.45. The smallest absolute Gasteiger partial charge is 0.326 e. The van der Waals surface area contributed by atoms with Crippen LogP contribution in [-0.4, -0.2) is 49.2 Å². The topological polar surface area (TPSA) is 41.6 Å². The van der Waals surface area contributed by atoms with Crippen molar-refractivity contribution in [3.8, 4) is 0 Å². The zero-order valence-electron chi connectivity index (χ0n) is 13.1. The third kappa shape index (κ3) is 3.53. The maximum atomic E-state index is 12.7.